The molecule has 3 aromatic heterocycles. The normalized spacial score (nSPS) is 15.0. The van der Waals surface area contributed by atoms with Crippen molar-refractivity contribution in [2.75, 3.05) is 20.1 Å². The highest BCUT2D eigenvalue weighted by atomic mass is 19.3. The molecule has 4 heterocycles. The van der Waals surface area contributed by atoms with Crippen LogP contribution >= 0.6 is 0 Å². The molecule has 0 saturated carbocycles. The van der Waals surface area contributed by atoms with Crippen molar-refractivity contribution < 1.29 is 23.0 Å². The molecule has 1 amide bonds. The quantitative estimate of drug-likeness (QED) is 0.412. The van der Waals surface area contributed by atoms with Crippen molar-refractivity contribution >= 4 is 28.2 Å². The van der Waals surface area contributed by atoms with Gasteiger partial charge in [0.15, 0.2) is 16.9 Å². The zero-order valence-electron chi connectivity index (χ0n) is 20.4. The summed E-state index contributed by atoms with van der Waals surface area (Å²) in [5, 5.41) is 8.12. The number of hydrogen-bond donors (Lipinski definition) is 2. The van der Waals surface area contributed by atoms with Crippen LogP contribution in [0.1, 0.15) is 20.8 Å². The Bertz CT molecular complexity index is 1420. The number of alkyl halides is 2. The number of H-pyrrole nitrogens is 1. The van der Waals surface area contributed by atoms with Gasteiger partial charge in [-0.3, -0.25) is 4.68 Å². The third-order valence-corrected chi connectivity index (χ3v) is 5.79. The minimum atomic E-state index is -2.94. The lowest BCUT2D eigenvalue weighted by Gasteiger charge is -2.36. The van der Waals surface area contributed by atoms with Crippen molar-refractivity contribution in [2.24, 2.45) is 5.92 Å². The number of carbonyl (C=O) groups is 1. The Kier molecular flexibility index (Phi) is 5.99. The summed E-state index contributed by atoms with van der Waals surface area (Å²) in [5.74, 6) is 0.673. The third kappa shape index (κ3) is 4.94. The van der Waals surface area contributed by atoms with E-state index in [2.05, 4.69) is 37.0 Å². The summed E-state index contributed by atoms with van der Waals surface area (Å²) < 4.78 is 37.7. The fraction of sp³-hybridized carbons (Fsp3) is 0.417. The lowest BCUT2D eigenvalue weighted by atomic mass is 10.0. The van der Waals surface area contributed by atoms with Gasteiger partial charge < -0.3 is 24.7 Å². The molecule has 1 aliphatic rings. The average molecular weight is 500 g/mol. The molecule has 1 saturated heterocycles. The number of carbonyl (C=O) groups excluding carboxylic acids is 1. The smallest absolute Gasteiger partial charge is 0.413 e. The van der Waals surface area contributed by atoms with Crippen molar-refractivity contribution in [1.29, 1.82) is 0 Å². The topological polar surface area (TPSA) is 110 Å². The van der Waals surface area contributed by atoms with E-state index >= 15 is 0 Å². The van der Waals surface area contributed by atoms with Gasteiger partial charge in [-0.1, -0.05) is 0 Å². The van der Waals surface area contributed by atoms with Crippen molar-refractivity contribution in [1.82, 2.24) is 34.9 Å². The zero-order valence-corrected chi connectivity index (χ0v) is 20.4. The van der Waals surface area contributed by atoms with E-state index < -0.39 is 18.2 Å². The third-order valence-electron chi connectivity index (χ3n) is 5.79. The molecule has 12 heteroatoms. The SMILES string of the molecule is CN1CC(Cn2nc(-c3cnc4[nH]cc(OC(=O)NC(C)(C)C)c4n3)c3cc(OC(F)F)ccc32)C1. The van der Waals surface area contributed by atoms with Crippen LogP contribution in [0.2, 0.25) is 0 Å². The maximum Gasteiger partial charge on any atom is 0.413 e. The molecule has 0 aliphatic carbocycles. The van der Waals surface area contributed by atoms with Gasteiger partial charge in [-0.25, -0.2) is 14.8 Å². The van der Waals surface area contributed by atoms with E-state index in [0.717, 1.165) is 18.6 Å². The van der Waals surface area contributed by atoms with Gasteiger partial charge in [0.05, 0.1) is 11.7 Å². The first-order valence-electron chi connectivity index (χ1n) is 11.5. The molecule has 0 spiro atoms. The number of benzene rings is 1. The van der Waals surface area contributed by atoms with Crippen LogP contribution in [-0.4, -0.2) is 68.0 Å². The molecule has 1 fully saturated rings. The number of nitrogens with zero attached hydrogens (tertiary/aromatic N) is 5. The molecule has 1 aliphatic heterocycles. The summed E-state index contributed by atoms with van der Waals surface area (Å²) in [6.07, 6.45) is 2.43. The van der Waals surface area contributed by atoms with Crippen molar-refractivity contribution in [3.63, 3.8) is 0 Å². The Balaban J connectivity index is 1.54. The minimum Gasteiger partial charge on any atom is -0.435 e. The number of likely N-dealkylation sites (tertiary alicyclic amines) is 1. The molecule has 36 heavy (non-hydrogen) atoms. The van der Waals surface area contributed by atoms with Crippen LogP contribution in [0, 0.1) is 5.92 Å². The number of halogens is 2. The number of fused-ring (bicyclic) bond motifs is 2. The molecule has 0 radical (unpaired) electrons. The zero-order chi connectivity index (χ0) is 25.6. The first-order valence-corrected chi connectivity index (χ1v) is 11.5. The van der Waals surface area contributed by atoms with Crippen LogP contribution in [0.25, 0.3) is 33.5 Å². The van der Waals surface area contributed by atoms with Gasteiger partial charge in [-0.15, -0.1) is 0 Å². The predicted octanol–water partition coefficient (Wildman–Crippen LogP) is 4.02. The molecule has 10 nitrogen and oxygen atoms in total. The second-order valence-corrected chi connectivity index (χ2v) is 10.0. The highest BCUT2D eigenvalue weighted by Gasteiger charge is 2.26. The molecule has 0 atom stereocenters. The van der Waals surface area contributed by atoms with Gasteiger partial charge in [-0.05, 0) is 46.0 Å². The summed E-state index contributed by atoms with van der Waals surface area (Å²) in [4.78, 5) is 26.5. The van der Waals surface area contributed by atoms with Crippen molar-refractivity contribution in [2.45, 2.75) is 39.5 Å². The fourth-order valence-corrected chi connectivity index (χ4v) is 4.34. The number of ether oxygens (including phenoxy) is 2. The Morgan fingerprint density at radius 3 is 2.78 bits per heavy atom. The maximum absolute atomic E-state index is 12.9. The van der Waals surface area contributed by atoms with Gasteiger partial charge in [0.25, 0.3) is 0 Å². The lowest BCUT2D eigenvalue weighted by Crippen LogP contribution is -2.45. The molecular formula is C24H27F2N7O3. The van der Waals surface area contributed by atoms with E-state index in [9.17, 15) is 13.6 Å². The Labute approximate surface area is 205 Å². The molecule has 190 valence electrons. The van der Waals surface area contributed by atoms with Crippen molar-refractivity contribution in [3.05, 3.63) is 30.6 Å². The van der Waals surface area contributed by atoms with Crippen LogP contribution in [0.5, 0.6) is 11.5 Å². The number of nitrogens with one attached hydrogen (secondary N) is 2. The van der Waals surface area contributed by atoms with E-state index in [1.807, 2.05) is 25.5 Å². The molecule has 0 bridgehead atoms. The van der Waals surface area contributed by atoms with Gasteiger partial charge in [-0.2, -0.15) is 13.9 Å². The van der Waals surface area contributed by atoms with Gasteiger partial charge in [0.2, 0.25) is 0 Å². The highest BCUT2D eigenvalue weighted by Crippen LogP contribution is 2.33. The standard InChI is InChI=1S/C24H27F2N7O3/c1-24(2,3)30-23(34)36-18-9-28-21-20(18)29-16(8-27-21)19-15-7-14(35-22(25)26)5-6-17(15)33(31-19)12-13-10-32(4)11-13/h5-9,13,22H,10-12H2,1-4H3,(H,27,28)(H,30,34). The first kappa shape index (κ1) is 23.9. The van der Waals surface area contributed by atoms with E-state index in [0.29, 0.717) is 40.4 Å². The van der Waals surface area contributed by atoms with E-state index in [-0.39, 0.29) is 11.5 Å². The second-order valence-electron chi connectivity index (χ2n) is 10.0. The number of amides is 1. The summed E-state index contributed by atoms with van der Waals surface area (Å²) in [6.45, 7) is 5.17. The summed E-state index contributed by atoms with van der Waals surface area (Å²) in [5.41, 5.74) is 1.96. The van der Waals surface area contributed by atoms with E-state index in [4.69, 9.17) is 9.84 Å². The summed E-state index contributed by atoms with van der Waals surface area (Å²) in [7, 11) is 2.06. The van der Waals surface area contributed by atoms with Crippen molar-refractivity contribution in [3.8, 4) is 22.9 Å². The number of aromatic nitrogens is 5. The second kappa shape index (κ2) is 9.01. The van der Waals surface area contributed by atoms with Crippen LogP contribution in [0.15, 0.2) is 30.6 Å². The van der Waals surface area contributed by atoms with Gasteiger partial charge in [0.1, 0.15) is 17.1 Å². The Hall–Kier alpha value is -3.80. The summed E-state index contributed by atoms with van der Waals surface area (Å²) in [6, 6.07) is 4.76. The molecule has 2 N–H and O–H groups in total. The minimum absolute atomic E-state index is 0.0280. The Morgan fingerprint density at radius 1 is 1.31 bits per heavy atom. The summed E-state index contributed by atoms with van der Waals surface area (Å²) >= 11 is 0. The average Bonchev–Trinajstić information content (AvgIpc) is 3.31. The lowest BCUT2D eigenvalue weighted by molar-refractivity contribution is -0.0497. The van der Waals surface area contributed by atoms with Gasteiger partial charge >= 0.3 is 12.7 Å². The van der Waals surface area contributed by atoms with Crippen LogP contribution in [-0.2, 0) is 6.54 Å². The van der Waals surface area contributed by atoms with E-state index in [1.165, 1.54) is 18.3 Å². The Morgan fingerprint density at radius 2 is 2.08 bits per heavy atom. The molecule has 1 aromatic carbocycles. The van der Waals surface area contributed by atoms with Crippen LogP contribution in [0.4, 0.5) is 13.6 Å². The fourth-order valence-electron chi connectivity index (χ4n) is 4.34. The number of aromatic amines is 1. The largest absolute Gasteiger partial charge is 0.435 e. The number of hydrogen-bond acceptors (Lipinski definition) is 7. The molecule has 5 rings (SSSR count). The predicted molar refractivity (Wildman–Crippen MR) is 129 cm³/mol. The molecular weight excluding hydrogens is 472 g/mol. The number of rotatable bonds is 6. The molecule has 4 aromatic rings. The van der Waals surface area contributed by atoms with Crippen LogP contribution < -0.4 is 14.8 Å². The molecule has 0 unspecified atom stereocenters. The van der Waals surface area contributed by atoms with E-state index in [1.54, 1.807) is 12.3 Å². The maximum atomic E-state index is 12.9. The first-order chi connectivity index (χ1) is 17.1. The highest BCUT2D eigenvalue weighted by molar-refractivity contribution is 5.94. The van der Waals surface area contributed by atoms with Gasteiger partial charge in [0, 0.05) is 42.7 Å². The monoisotopic (exact) mass is 499 g/mol. The van der Waals surface area contributed by atoms with Crippen LogP contribution in [0.3, 0.4) is 0 Å².